The minimum Gasteiger partial charge on any atom is -0.455 e. The van der Waals surface area contributed by atoms with E-state index in [9.17, 15) is 0 Å². The van der Waals surface area contributed by atoms with Gasteiger partial charge in [-0.3, -0.25) is 0 Å². The fraction of sp³-hybridized carbons (Fsp3) is 0. The van der Waals surface area contributed by atoms with E-state index in [-0.39, 0.29) is 0 Å². The molecule has 0 saturated carbocycles. The molecule has 0 amide bonds. The van der Waals surface area contributed by atoms with Crippen molar-refractivity contribution in [2.45, 2.75) is 0 Å². The second-order valence-electron chi connectivity index (χ2n) is 14.0. The minimum atomic E-state index is 0.625. The molecule has 0 atom stereocenters. The van der Waals surface area contributed by atoms with Gasteiger partial charge in [-0.15, -0.1) is 0 Å². The van der Waals surface area contributed by atoms with E-state index < -0.39 is 0 Å². The van der Waals surface area contributed by atoms with Gasteiger partial charge in [0.2, 0.25) is 0 Å². The van der Waals surface area contributed by atoms with E-state index in [0.29, 0.717) is 17.5 Å². The van der Waals surface area contributed by atoms with Crippen LogP contribution in [-0.4, -0.2) is 19.5 Å². The van der Waals surface area contributed by atoms with Gasteiger partial charge in [0, 0.05) is 55.0 Å². The summed E-state index contributed by atoms with van der Waals surface area (Å²) in [6.07, 6.45) is 0. The molecule has 0 aliphatic heterocycles. The molecule has 0 radical (unpaired) electrons. The lowest BCUT2D eigenvalue weighted by Crippen LogP contribution is -2.00. The van der Waals surface area contributed by atoms with Crippen molar-refractivity contribution in [1.29, 1.82) is 0 Å². The van der Waals surface area contributed by atoms with Crippen molar-refractivity contribution in [2.24, 2.45) is 0 Å². The molecule has 56 heavy (non-hydrogen) atoms. The zero-order valence-electron chi connectivity index (χ0n) is 30.2. The van der Waals surface area contributed by atoms with E-state index in [1.165, 1.54) is 21.8 Å². The van der Waals surface area contributed by atoms with Crippen LogP contribution >= 0.6 is 0 Å². The van der Waals surface area contributed by atoms with E-state index in [0.717, 1.165) is 66.6 Å². The molecule has 0 aliphatic carbocycles. The molecule has 262 valence electrons. The first kappa shape index (κ1) is 31.9. The van der Waals surface area contributed by atoms with Gasteiger partial charge in [-0.2, -0.15) is 0 Å². The molecule has 5 heteroatoms. The predicted octanol–water partition coefficient (Wildman–Crippen LogP) is 13.2. The van der Waals surface area contributed by atoms with E-state index in [4.69, 9.17) is 19.4 Å². The first-order valence-corrected chi connectivity index (χ1v) is 18.8. The highest BCUT2D eigenvalue weighted by molar-refractivity contribution is 6.15. The maximum atomic E-state index is 6.90. The highest BCUT2D eigenvalue weighted by Gasteiger charge is 2.19. The Bertz CT molecular complexity index is 3160. The summed E-state index contributed by atoms with van der Waals surface area (Å²) in [6.45, 7) is 0. The Hall–Kier alpha value is -7.63. The van der Waals surface area contributed by atoms with Crippen molar-refractivity contribution in [1.82, 2.24) is 19.5 Å². The highest BCUT2D eigenvalue weighted by atomic mass is 16.3. The van der Waals surface area contributed by atoms with E-state index >= 15 is 0 Å². The van der Waals surface area contributed by atoms with Crippen LogP contribution in [0.25, 0.3) is 106 Å². The summed E-state index contributed by atoms with van der Waals surface area (Å²) in [7, 11) is 0. The molecule has 3 aromatic heterocycles. The number of nitrogens with zero attached hydrogens (tertiary/aromatic N) is 4. The van der Waals surface area contributed by atoms with Gasteiger partial charge in [0.05, 0.1) is 11.0 Å². The van der Waals surface area contributed by atoms with Crippen LogP contribution in [0.3, 0.4) is 0 Å². The number of aromatic nitrogens is 4. The molecule has 11 rings (SSSR count). The third kappa shape index (κ3) is 5.29. The molecule has 0 unspecified atom stereocenters. The lowest BCUT2D eigenvalue weighted by atomic mass is 9.99. The first-order chi connectivity index (χ1) is 27.8. The molecule has 11 aromatic rings. The van der Waals surface area contributed by atoms with Crippen LogP contribution in [0.2, 0.25) is 0 Å². The summed E-state index contributed by atoms with van der Waals surface area (Å²) in [5.41, 5.74) is 12.3. The van der Waals surface area contributed by atoms with Gasteiger partial charge in [-0.1, -0.05) is 164 Å². The molecular formula is C51H32N4O. The Morgan fingerprint density at radius 1 is 0.321 bits per heavy atom. The molecule has 0 N–H and O–H groups in total. The number of fused-ring (bicyclic) bond motifs is 6. The molecule has 0 saturated heterocycles. The zero-order chi connectivity index (χ0) is 37.0. The summed E-state index contributed by atoms with van der Waals surface area (Å²) >= 11 is 0. The van der Waals surface area contributed by atoms with Crippen LogP contribution in [0, 0.1) is 0 Å². The Balaban J connectivity index is 1.01. The van der Waals surface area contributed by atoms with Crippen molar-refractivity contribution in [3.63, 3.8) is 0 Å². The number of benzene rings is 8. The monoisotopic (exact) mass is 716 g/mol. The van der Waals surface area contributed by atoms with Gasteiger partial charge in [0.25, 0.3) is 0 Å². The van der Waals surface area contributed by atoms with Gasteiger partial charge < -0.3 is 8.98 Å². The lowest BCUT2D eigenvalue weighted by Gasteiger charge is -2.09. The fourth-order valence-electron chi connectivity index (χ4n) is 8.01. The van der Waals surface area contributed by atoms with E-state index in [2.05, 4.69) is 138 Å². The quantitative estimate of drug-likeness (QED) is 0.172. The van der Waals surface area contributed by atoms with Crippen LogP contribution < -0.4 is 0 Å². The largest absolute Gasteiger partial charge is 0.455 e. The van der Waals surface area contributed by atoms with Crippen LogP contribution in [0.4, 0.5) is 0 Å². The molecule has 0 spiro atoms. The summed E-state index contributed by atoms with van der Waals surface area (Å²) in [5.74, 6) is 1.91. The second kappa shape index (κ2) is 13.0. The SMILES string of the molecule is c1ccc(-c2nc(-c3ccccc3)nc(-c3ccc(-c4cccc5c4oc4c(-c6ccc7c(c6)c6ccccc6n7-c6ccccc6)cccc45)cc3)n2)cc1. The van der Waals surface area contributed by atoms with Gasteiger partial charge in [0.15, 0.2) is 17.5 Å². The lowest BCUT2D eigenvalue weighted by molar-refractivity contribution is 0.671. The molecule has 0 bridgehead atoms. The molecular weight excluding hydrogens is 685 g/mol. The molecule has 8 aromatic carbocycles. The average Bonchev–Trinajstić information content (AvgIpc) is 3.83. The van der Waals surface area contributed by atoms with E-state index in [1.54, 1.807) is 0 Å². The summed E-state index contributed by atoms with van der Waals surface area (Å²) in [5, 5.41) is 4.61. The Morgan fingerprint density at radius 3 is 1.38 bits per heavy atom. The molecule has 5 nitrogen and oxygen atoms in total. The Kier molecular flexibility index (Phi) is 7.42. The third-order valence-electron chi connectivity index (χ3n) is 10.7. The summed E-state index contributed by atoms with van der Waals surface area (Å²) in [4.78, 5) is 14.7. The number of furan rings is 1. The molecule has 0 fully saturated rings. The topological polar surface area (TPSA) is 56.7 Å². The Labute approximate surface area is 322 Å². The number of para-hydroxylation sites is 4. The predicted molar refractivity (Wildman–Crippen MR) is 229 cm³/mol. The van der Waals surface area contributed by atoms with Crippen LogP contribution in [0.5, 0.6) is 0 Å². The molecule has 0 aliphatic rings. The van der Waals surface area contributed by atoms with Crippen molar-refractivity contribution >= 4 is 43.7 Å². The number of hydrogen-bond donors (Lipinski definition) is 0. The normalized spacial score (nSPS) is 11.6. The number of rotatable bonds is 6. The second-order valence-corrected chi connectivity index (χ2v) is 14.0. The van der Waals surface area contributed by atoms with Crippen LogP contribution in [-0.2, 0) is 0 Å². The van der Waals surface area contributed by atoms with E-state index in [1.807, 2.05) is 60.7 Å². The Morgan fingerprint density at radius 2 is 0.768 bits per heavy atom. The maximum Gasteiger partial charge on any atom is 0.164 e. The van der Waals surface area contributed by atoms with Crippen molar-refractivity contribution < 1.29 is 4.42 Å². The summed E-state index contributed by atoms with van der Waals surface area (Å²) < 4.78 is 9.25. The fourth-order valence-corrected chi connectivity index (χ4v) is 8.01. The summed E-state index contributed by atoms with van der Waals surface area (Å²) in [6, 6.07) is 67.4. The van der Waals surface area contributed by atoms with Gasteiger partial charge in [0.1, 0.15) is 11.2 Å². The van der Waals surface area contributed by atoms with Crippen molar-refractivity contribution in [2.75, 3.05) is 0 Å². The van der Waals surface area contributed by atoms with Crippen LogP contribution in [0.15, 0.2) is 199 Å². The highest BCUT2D eigenvalue weighted by Crippen LogP contribution is 2.42. The van der Waals surface area contributed by atoms with Gasteiger partial charge >= 0.3 is 0 Å². The standard InChI is InChI=1S/C51H32N4O/c1-4-14-34(15-5-1)49-52-50(35-16-6-2-7-17-35)54-51(53-49)36-28-26-33(27-29-36)39-21-12-23-42-43-24-13-22-40(48(43)56-47(39)42)37-30-31-46-44(32-37)41-20-10-11-25-45(41)55(46)38-18-8-3-9-19-38/h1-32H. The maximum absolute atomic E-state index is 6.90. The zero-order valence-corrected chi connectivity index (χ0v) is 30.2. The molecule has 3 heterocycles. The minimum absolute atomic E-state index is 0.625. The smallest absolute Gasteiger partial charge is 0.164 e. The third-order valence-corrected chi connectivity index (χ3v) is 10.7. The van der Waals surface area contributed by atoms with Crippen LogP contribution in [0.1, 0.15) is 0 Å². The first-order valence-electron chi connectivity index (χ1n) is 18.8. The average molecular weight is 717 g/mol. The van der Waals surface area contributed by atoms with Gasteiger partial charge in [-0.05, 0) is 41.5 Å². The van der Waals surface area contributed by atoms with Gasteiger partial charge in [-0.25, -0.2) is 15.0 Å². The number of hydrogen-bond acceptors (Lipinski definition) is 4. The van der Waals surface area contributed by atoms with Crippen molar-refractivity contribution in [3.8, 4) is 62.1 Å². The van der Waals surface area contributed by atoms with Crippen molar-refractivity contribution in [3.05, 3.63) is 194 Å².